The third-order valence-electron chi connectivity index (χ3n) is 3.36. The van der Waals surface area contributed by atoms with Gasteiger partial charge >= 0.3 is 6.03 Å². The molecule has 0 saturated carbocycles. The summed E-state index contributed by atoms with van der Waals surface area (Å²) >= 11 is 0. The van der Waals surface area contributed by atoms with Crippen LogP contribution in [0.3, 0.4) is 0 Å². The molecule has 2 aromatic rings. The minimum absolute atomic E-state index is 0.279. The summed E-state index contributed by atoms with van der Waals surface area (Å²) in [4.78, 5) is 11.7. The molecule has 2 rings (SSSR count). The molecule has 23 heavy (non-hydrogen) atoms. The van der Waals surface area contributed by atoms with E-state index in [4.69, 9.17) is 4.74 Å². The number of carbonyl (C=O) groups is 1. The molecule has 0 aliphatic rings. The molecule has 0 radical (unpaired) electrons. The first-order chi connectivity index (χ1) is 11.0. The van der Waals surface area contributed by atoms with E-state index in [0.717, 1.165) is 22.4 Å². The maximum Gasteiger partial charge on any atom is 0.315 e. The van der Waals surface area contributed by atoms with Gasteiger partial charge in [0.1, 0.15) is 18.2 Å². The molecule has 0 unspecified atom stereocenters. The zero-order valence-corrected chi connectivity index (χ0v) is 13.4. The topological polar surface area (TPSA) is 50.4 Å². The summed E-state index contributed by atoms with van der Waals surface area (Å²) in [5.74, 6) is 0.542. The van der Waals surface area contributed by atoms with Crippen LogP contribution in [-0.2, 0) is 6.54 Å². The zero-order chi connectivity index (χ0) is 16.7. The molecule has 0 aliphatic heterocycles. The van der Waals surface area contributed by atoms with Crippen LogP contribution in [0.4, 0.5) is 9.18 Å². The third-order valence-corrected chi connectivity index (χ3v) is 3.36. The second-order valence-electron chi connectivity index (χ2n) is 5.35. The van der Waals surface area contributed by atoms with Crippen molar-refractivity contribution < 1.29 is 13.9 Å². The van der Waals surface area contributed by atoms with Gasteiger partial charge in [-0.25, -0.2) is 9.18 Å². The van der Waals surface area contributed by atoms with Crippen LogP contribution in [0.5, 0.6) is 5.75 Å². The Morgan fingerprint density at radius 3 is 2.57 bits per heavy atom. The maximum atomic E-state index is 12.8. The first-order valence-electron chi connectivity index (χ1n) is 7.51. The second kappa shape index (κ2) is 8.17. The molecule has 0 heterocycles. The Morgan fingerprint density at radius 2 is 1.83 bits per heavy atom. The molecule has 0 aromatic heterocycles. The number of aryl methyl sites for hydroxylation is 2. The quantitative estimate of drug-likeness (QED) is 0.803. The van der Waals surface area contributed by atoms with Gasteiger partial charge in [-0.3, -0.25) is 0 Å². The molecule has 0 fully saturated rings. The standard InChI is InChI=1S/C18H21FN2O2/c1-13-3-4-14(2)17(11-13)23-10-9-20-18(22)21-12-15-5-7-16(19)8-6-15/h3-8,11H,9-10,12H2,1-2H3,(H2,20,21,22). The number of hydrogen-bond donors (Lipinski definition) is 2. The second-order valence-corrected chi connectivity index (χ2v) is 5.35. The molecule has 0 spiro atoms. The van der Waals surface area contributed by atoms with Crippen molar-refractivity contribution in [3.05, 3.63) is 65.0 Å². The Kier molecular flexibility index (Phi) is 5.97. The van der Waals surface area contributed by atoms with E-state index in [2.05, 4.69) is 10.6 Å². The van der Waals surface area contributed by atoms with Crippen molar-refractivity contribution in [1.29, 1.82) is 0 Å². The minimum atomic E-state index is -0.290. The number of benzene rings is 2. The summed E-state index contributed by atoms with van der Waals surface area (Å²) in [7, 11) is 0. The number of halogens is 1. The van der Waals surface area contributed by atoms with Gasteiger partial charge in [0.15, 0.2) is 0 Å². The Morgan fingerprint density at radius 1 is 1.09 bits per heavy atom. The van der Waals surface area contributed by atoms with Crippen molar-refractivity contribution in [3.63, 3.8) is 0 Å². The molecule has 5 heteroatoms. The molecule has 0 saturated heterocycles. The molecule has 2 N–H and O–H groups in total. The Bertz CT molecular complexity index is 657. The first kappa shape index (κ1) is 16.8. The predicted molar refractivity (Wildman–Crippen MR) is 88.0 cm³/mol. The van der Waals surface area contributed by atoms with Crippen molar-refractivity contribution in [2.45, 2.75) is 20.4 Å². The molecule has 2 amide bonds. The number of nitrogens with one attached hydrogen (secondary N) is 2. The van der Waals surface area contributed by atoms with Crippen LogP contribution in [0.15, 0.2) is 42.5 Å². The maximum absolute atomic E-state index is 12.8. The summed E-state index contributed by atoms with van der Waals surface area (Å²) < 4.78 is 18.4. The number of urea groups is 1. The van der Waals surface area contributed by atoms with Gasteiger partial charge in [-0.1, -0.05) is 24.3 Å². The van der Waals surface area contributed by atoms with E-state index >= 15 is 0 Å². The number of carbonyl (C=O) groups excluding carboxylic acids is 1. The zero-order valence-electron chi connectivity index (χ0n) is 13.4. The minimum Gasteiger partial charge on any atom is -0.491 e. The van der Waals surface area contributed by atoms with Crippen LogP contribution >= 0.6 is 0 Å². The molecule has 4 nitrogen and oxygen atoms in total. The average Bonchev–Trinajstić information content (AvgIpc) is 2.54. The van der Waals surface area contributed by atoms with Crippen molar-refractivity contribution in [2.24, 2.45) is 0 Å². The van der Waals surface area contributed by atoms with E-state index in [0.29, 0.717) is 19.7 Å². The Balaban J connectivity index is 1.66. The van der Waals surface area contributed by atoms with E-state index in [1.807, 2.05) is 32.0 Å². The van der Waals surface area contributed by atoms with E-state index in [1.165, 1.54) is 12.1 Å². The molecule has 122 valence electrons. The fourth-order valence-corrected chi connectivity index (χ4v) is 2.04. The van der Waals surface area contributed by atoms with Crippen LogP contribution in [0.1, 0.15) is 16.7 Å². The number of ether oxygens (including phenoxy) is 1. The van der Waals surface area contributed by atoms with Crippen molar-refractivity contribution in [3.8, 4) is 5.75 Å². The van der Waals surface area contributed by atoms with Gasteiger partial charge in [-0.15, -0.1) is 0 Å². The highest BCUT2D eigenvalue weighted by atomic mass is 19.1. The highest BCUT2D eigenvalue weighted by Gasteiger charge is 2.02. The number of amides is 2. The SMILES string of the molecule is Cc1ccc(C)c(OCCNC(=O)NCc2ccc(F)cc2)c1. The third kappa shape index (κ3) is 5.62. The van der Waals surface area contributed by atoms with Gasteiger partial charge in [-0.05, 0) is 48.7 Å². The van der Waals surface area contributed by atoms with E-state index in [9.17, 15) is 9.18 Å². The summed E-state index contributed by atoms with van der Waals surface area (Å²) in [6, 6.07) is 11.7. The van der Waals surface area contributed by atoms with Gasteiger partial charge in [0, 0.05) is 6.54 Å². The van der Waals surface area contributed by atoms with Crippen LogP contribution in [-0.4, -0.2) is 19.2 Å². The molecule has 0 bridgehead atoms. The van der Waals surface area contributed by atoms with Gasteiger partial charge in [0.2, 0.25) is 0 Å². The summed E-state index contributed by atoms with van der Waals surface area (Å²) in [5.41, 5.74) is 3.04. The van der Waals surface area contributed by atoms with E-state index < -0.39 is 0 Å². The summed E-state index contributed by atoms with van der Waals surface area (Å²) in [5, 5.41) is 5.43. The monoisotopic (exact) mass is 316 g/mol. The Hall–Kier alpha value is -2.56. The van der Waals surface area contributed by atoms with E-state index in [1.54, 1.807) is 12.1 Å². The first-order valence-corrected chi connectivity index (χ1v) is 7.51. The lowest BCUT2D eigenvalue weighted by atomic mass is 10.1. The Labute approximate surface area is 135 Å². The summed E-state index contributed by atoms with van der Waals surface area (Å²) in [6.07, 6.45) is 0. The van der Waals surface area contributed by atoms with E-state index in [-0.39, 0.29) is 11.8 Å². The van der Waals surface area contributed by atoms with Crippen LogP contribution in [0, 0.1) is 19.7 Å². The lowest BCUT2D eigenvalue weighted by Crippen LogP contribution is -2.37. The van der Waals surface area contributed by atoms with Crippen molar-refractivity contribution >= 4 is 6.03 Å². The van der Waals surface area contributed by atoms with Gasteiger partial charge in [-0.2, -0.15) is 0 Å². The smallest absolute Gasteiger partial charge is 0.315 e. The fourth-order valence-electron chi connectivity index (χ4n) is 2.04. The molecule has 2 aromatic carbocycles. The van der Waals surface area contributed by atoms with Gasteiger partial charge in [0.05, 0.1) is 6.54 Å². The normalized spacial score (nSPS) is 10.2. The lowest BCUT2D eigenvalue weighted by Gasteiger charge is -2.11. The van der Waals surface area contributed by atoms with Crippen molar-refractivity contribution in [2.75, 3.05) is 13.2 Å². The highest BCUT2D eigenvalue weighted by Crippen LogP contribution is 2.18. The molecule has 0 atom stereocenters. The predicted octanol–water partition coefficient (Wildman–Crippen LogP) is 3.32. The summed E-state index contributed by atoms with van der Waals surface area (Å²) in [6.45, 7) is 5.14. The highest BCUT2D eigenvalue weighted by molar-refractivity contribution is 5.73. The van der Waals surface area contributed by atoms with Crippen LogP contribution in [0.25, 0.3) is 0 Å². The fraction of sp³-hybridized carbons (Fsp3) is 0.278. The largest absolute Gasteiger partial charge is 0.491 e. The average molecular weight is 316 g/mol. The molecular formula is C18H21FN2O2. The van der Waals surface area contributed by atoms with Crippen molar-refractivity contribution in [1.82, 2.24) is 10.6 Å². The van der Waals surface area contributed by atoms with Gasteiger partial charge < -0.3 is 15.4 Å². The number of hydrogen-bond acceptors (Lipinski definition) is 2. The lowest BCUT2D eigenvalue weighted by molar-refractivity contribution is 0.236. The van der Waals surface area contributed by atoms with Gasteiger partial charge in [0.25, 0.3) is 0 Å². The van der Waals surface area contributed by atoms with Crippen LogP contribution < -0.4 is 15.4 Å². The number of rotatable bonds is 6. The van der Waals surface area contributed by atoms with Crippen LogP contribution in [0.2, 0.25) is 0 Å². The molecular weight excluding hydrogens is 295 g/mol. The molecule has 0 aliphatic carbocycles.